The molecule has 5 heteroatoms. The maximum absolute atomic E-state index is 11.1. The number of ketones is 1. The predicted molar refractivity (Wildman–Crippen MR) is 49.3 cm³/mol. The molecular weight excluding hydrogens is 184 g/mol. The van der Waals surface area contributed by atoms with Crippen LogP contribution in [-0.2, 0) is 0 Å². The molecule has 0 saturated carbocycles. The van der Waals surface area contributed by atoms with Crippen molar-refractivity contribution >= 4 is 23.2 Å². The average Bonchev–Trinajstić information content (AvgIpc) is 2.72. The molecule has 0 aromatic carbocycles. The molecule has 14 heavy (non-hydrogen) atoms. The Balaban J connectivity index is 2.49. The first kappa shape index (κ1) is 8.71. The van der Waals surface area contributed by atoms with Gasteiger partial charge < -0.3 is 15.1 Å². The van der Waals surface area contributed by atoms with Crippen LogP contribution in [0.2, 0.25) is 0 Å². The van der Waals surface area contributed by atoms with Gasteiger partial charge in [0.2, 0.25) is 11.5 Å². The Hall–Kier alpha value is -1.88. The van der Waals surface area contributed by atoms with Gasteiger partial charge in [0.25, 0.3) is 0 Å². The molecule has 0 spiro atoms. The number of nitrogens with two attached hydrogens (primary N) is 1. The second-order valence-electron chi connectivity index (χ2n) is 2.86. The molecule has 0 aliphatic rings. The fraction of sp³-hybridized carbons (Fsp3) is 0.111. The Bertz CT molecular complexity index is 464. The van der Waals surface area contributed by atoms with E-state index in [1.165, 1.54) is 0 Å². The highest BCUT2D eigenvalue weighted by Crippen LogP contribution is 2.19. The average molecular weight is 192 g/mol. The van der Waals surface area contributed by atoms with Crippen LogP contribution in [-0.4, -0.2) is 23.6 Å². The first-order valence-corrected chi connectivity index (χ1v) is 4.05. The highest BCUT2D eigenvalue weighted by molar-refractivity contribution is 5.99. The van der Waals surface area contributed by atoms with Crippen molar-refractivity contribution in [2.24, 2.45) is 5.73 Å². The van der Waals surface area contributed by atoms with E-state index in [1.807, 2.05) is 0 Å². The van der Waals surface area contributed by atoms with Gasteiger partial charge in [-0.3, -0.25) is 9.59 Å². The topological polar surface area (TPSA) is 89.1 Å². The summed E-state index contributed by atoms with van der Waals surface area (Å²) in [4.78, 5) is 24.2. The zero-order valence-corrected chi connectivity index (χ0v) is 7.24. The molecule has 72 valence electrons. The second kappa shape index (κ2) is 3.12. The molecule has 0 amide bonds. The van der Waals surface area contributed by atoms with Gasteiger partial charge in [0.1, 0.15) is 0 Å². The molecule has 2 rings (SSSR count). The largest absolute Gasteiger partial charge is 0.437 e. The number of hydrogen-bond acceptors (Lipinski definition) is 4. The molecule has 0 aliphatic heterocycles. The second-order valence-corrected chi connectivity index (χ2v) is 2.86. The van der Waals surface area contributed by atoms with Gasteiger partial charge in [-0.15, -0.1) is 0 Å². The third-order valence-electron chi connectivity index (χ3n) is 1.92. The van der Waals surface area contributed by atoms with E-state index in [1.54, 1.807) is 12.1 Å². The number of aromatic amines is 1. The normalized spacial score (nSPS) is 10.6. The van der Waals surface area contributed by atoms with Crippen molar-refractivity contribution in [1.29, 1.82) is 0 Å². The number of carbonyl (C=O) groups is 2. The van der Waals surface area contributed by atoms with Crippen LogP contribution >= 0.6 is 0 Å². The number of carbonyl (C=O) groups excluding carboxylic acids is 2. The molecule has 0 unspecified atom stereocenters. The van der Waals surface area contributed by atoms with E-state index in [9.17, 15) is 9.59 Å². The van der Waals surface area contributed by atoms with E-state index in [0.717, 1.165) is 0 Å². The number of furan rings is 1. The number of rotatable bonds is 3. The summed E-state index contributed by atoms with van der Waals surface area (Å²) in [6.45, 7) is -0.0867. The summed E-state index contributed by atoms with van der Waals surface area (Å²) in [5, 5.41) is 0.698. The quantitative estimate of drug-likeness (QED) is 0.553. The lowest BCUT2D eigenvalue weighted by molar-refractivity contribution is 0.0976. The fourth-order valence-electron chi connectivity index (χ4n) is 1.25. The van der Waals surface area contributed by atoms with Gasteiger partial charge >= 0.3 is 0 Å². The van der Waals surface area contributed by atoms with Crippen molar-refractivity contribution in [2.45, 2.75) is 0 Å². The number of aldehydes is 1. The minimum absolute atomic E-state index is 0.0867. The molecule has 0 bridgehead atoms. The molecule has 3 N–H and O–H groups in total. The molecule has 0 saturated heterocycles. The molecule has 2 aromatic rings. The van der Waals surface area contributed by atoms with Crippen molar-refractivity contribution in [3.05, 3.63) is 23.6 Å². The number of H-pyrrole nitrogens is 1. The number of nitrogens with one attached hydrogen (secondary N) is 1. The van der Waals surface area contributed by atoms with Crippen molar-refractivity contribution < 1.29 is 14.0 Å². The van der Waals surface area contributed by atoms with Gasteiger partial charge in [0.05, 0.1) is 12.2 Å². The summed E-state index contributed by atoms with van der Waals surface area (Å²) in [5.74, 6) is -0.0477. The van der Waals surface area contributed by atoms with E-state index in [2.05, 4.69) is 4.98 Å². The standard InChI is InChI=1S/C9H8N2O3/c10-3-7(13)8-2-5-1-6(4-12)11-9(5)14-8/h1-2,4,11H,3,10H2. The Morgan fingerprint density at radius 1 is 1.57 bits per heavy atom. The first-order valence-electron chi connectivity index (χ1n) is 4.05. The van der Waals surface area contributed by atoms with Crippen molar-refractivity contribution in [3.8, 4) is 0 Å². The molecule has 2 aromatic heterocycles. The molecule has 2 heterocycles. The van der Waals surface area contributed by atoms with Gasteiger partial charge in [-0.25, -0.2) is 0 Å². The van der Waals surface area contributed by atoms with Crippen LogP contribution in [0.4, 0.5) is 0 Å². The third kappa shape index (κ3) is 1.23. The lowest BCUT2D eigenvalue weighted by Gasteiger charge is -1.88. The van der Waals surface area contributed by atoms with Gasteiger partial charge in [-0.2, -0.15) is 0 Å². The molecule has 0 atom stereocenters. The number of hydrogen-bond donors (Lipinski definition) is 2. The summed E-state index contributed by atoms with van der Waals surface area (Å²) in [6, 6.07) is 3.17. The van der Waals surface area contributed by atoms with Crippen molar-refractivity contribution in [1.82, 2.24) is 4.98 Å². The summed E-state index contributed by atoms with van der Waals surface area (Å²) in [6.07, 6.45) is 0.681. The summed E-state index contributed by atoms with van der Waals surface area (Å²) in [5.41, 5.74) is 6.02. The van der Waals surface area contributed by atoms with Crippen LogP contribution < -0.4 is 5.73 Å². The van der Waals surface area contributed by atoms with Crippen LogP contribution in [0.15, 0.2) is 16.5 Å². The maximum Gasteiger partial charge on any atom is 0.211 e. The molecule has 0 fully saturated rings. The number of aromatic nitrogens is 1. The smallest absolute Gasteiger partial charge is 0.211 e. The predicted octanol–water partition coefficient (Wildman–Crippen LogP) is 0.715. The van der Waals surface area contributed by atoms with E-state index < -0.39 is 0 Å². The summed E-state index contributed by atoms with van der Waals surface area (Å²) < 4.78 is 5.16. The van der Waals surface area contributed by atoms with Gasteiger partial charge in [0, 0.05) is 5.39 Å². The monoisotopic (exact) mass is 192 g/mol. The molecule has 0 radical (unpaired) electrons. The van der Waals surface area contributed by atoms with Crippen molar-refractivity contribution in [3.63, 3.8) is 0 Å². The van der Waals surface area contributed by atoms with Crippen LogP contribution in [0, 0.1) is 0 Å². The van der Waals surface area contributed by atoms with Crippen LogP contribution in [0.3, 0.4) is 0 Å². The fourth-order valence-corrected chi connectivity index (χ4v) is 1.25. The zero-order valence-electron chi connectivity index (χ0n) is 7.24. The SMILES string of the molecule is NCC(=O)c1cc2cc(C=O)[nH]c2o1. The lowest BCUT2D eigenvalue weighted by Crippen LogP contribution is -2.12. The lowest BCUT2D eigenvalue weighted by atomic mass is 10.3. The molecular formula is C9H8N2O3. The van der Waals surface area contributed by atoms with Gasteiger partial charge in [-0.05, 0) is 12.1 Å². The number of Topliss-reactive ketones (excluding diaryl/α,β-unsaturated/α-hetero) is 1. The zero-order chi connectivity index (χ0) is 10.1. The van der Waals surface area contributed by atoms with Crippen LogP contribution in [0.1, 0.15) is 21.0 Å². The third-order valence-corrected chi connectivity index (χ3v) is 1.92. The highest BCUT2D eigenvalue weighted by Gasteiger charge is 2.12. The minimum Gasteiger partial charge on any atom is -0.437 e. The van der Waals surface area contributed by atoms with Crippen LogP contribution in [0.25, 0.3) is 11.1 Å². The summed E-state index contributed by atoms with van der Waals surface area (Å²) >= 11 is 0. The maximum atomic E-state index is 11.1. The van der Waals surface area contributed by atoms with Crippen molar-refractivity contribution in [2.75, 3.05) is 6.54 Å². The molecule has 0 aliphatic carbocycles. The Labute approximate surface area is 78.9 Å². The Morgan fingerprint density at radius 2 is 2.36 bits per heavy atom. The minimum atomic E-state index is -0.262. The molecule has 5 nitrogen and oxygen atoms in total. The number of fused-ring (bicyclic) bond motifs is 1. The van der Waals surface area contributed by atoms with E-state index in [0.29, 0.717) is 23.1 Å². The summed E-state index contributed by atoms with van der Waals surface area (Å²) in [7, 11) is 0. The van der Waals surface area contributed by atoms with Gasteiger partial charge in [-0.1, -0.05) is 0 Å². The Kier molecular flexibility index (Phi) is 1.94. The first-order chi connectivity index (χ1) is 6.74. The highest BCUT2D eigenvalue weighted by atomic mass is 16.4. The van der Waals surface area contributed by atoms with E-state index in [4.69, 9.17) is 10.2 Å². The van der Waals surface area contributed by atoms with Gasteiger partial charge in [0.15, 0.2) is 12.0 Å². The van der Waals surface area contributed by atoms with Crippen LogP contribution in [0.5, 0.6) is 0 Å². The van der Waals surface area contributed by atoms with E-state index >= 15 is 0 Å². The Morgan fingerprint density at radius 3 is 2.93 bits per heavy atom. The van der Waals surface area contributed by atoms with E-state index in [-0.39, 0.29) is 18.1 Å².